The molecule has 17 heavy (non-hydrogen) atoms. The molecule has 2 rings (SSSR count). The van der Waals surface area contributed by atoms with E-state index in [9.17, 15) is 9.59 Å². The Labute approximate surface area is 105 Å². The average Bonchev–Trinajstić information content (AvgIpc) is 2.76. The maximum Gasteiger partial charge on any atom is 0.251 e. The number of hydrogen-bond donors (Lipinski definition) is 2. The van der Waals surface area contributed by atoms with Crippen molar-refractivity contribution >= 4 is 27.7 Å². The molecular weight excluding hydrogens is 288 g/mol. The van der Waals surface area contributed by atoms with E-state index >= 15 is 0 Å². The van der Waals surface area contributed by atoms with E-state index in [1.807, 2.05) is 0 Å². The van der Waals surface area contributed by atoms with Gasteiger partial charge in [0.05, 0.1) is 6.20 Å². The number of H-pyrrole nitrogens is 1. The van der Waals surface area contributed by atoms with Crippen LogP contribution in [0.15, 0.2) is 39.9 Å². The zero-order valence-corrected chi connectivity index (χ0v) is 10.3. The second-order valence-corrected chi connectivity index (χ2v) is 4.25. The van der Waals surface area contributed by atoms with Crippen molar-refractivity contribution in [1.82, 2.24) is 14.8 Å². The molecule has 0 aliphatic heterocycles. The number of halogens is 1. The first-order valence-electron chi connectivity index (χ1n) is 4.80. The van der Waals surface area contributed by atoms with E-state index in [1.54, 1.807) is 18.3 Å². The average molecular weight is 297 g/mol. The van der Waals surface area contributed by atoms with Gasteiger partial charge in [-0.05, 0) is 22.0 Å². The number of hydrogen-bond acceptors (Lipinski definition) is 3. The molecule has 88 valence electrons. The topological polar surface area (TPSA) is 79.8 Å². The zero-order chi connectivity index (χ0) is 12.3. The first-order chi connectivity index (χ1) is 8.15. The van der Waals surface area contributed by atoms with Gasteiger partial charge in [-0.2, -0.15) is 5.10 Å². The third-order valence-corrected chi connectivity index (χ3v) is 2.51. The van der Waals surface area contributed by atoms with Crippen molar-refractivity contribution in [3.05, 3.63) is 45.4 Å². The van der Waals surface area contributed by atoms with Crippen LogP contribution in [0.5, 0.6) is 0 Å². The van der Waals surface area contributed by atoms with Gasteiger partial charge < -0.3 is 9.88 Å². The van der Waals surface area contributed by atoms with Crippen LogP contribution in [0.2, 0.25) is 0 Å². The zero-order valence-electron chi connectivity index (χ0n) is 8.68. The molecule has 2 N–H and O–H groups in total. The molecule has 0 radical (unpaired) electrons. The Morgan fingerprint density at radius 1 is 1.47 bits per heavy atom. The Balaban J connectivity index is 2.08. The molecular formula is C10H9BrN4O2. The smallest absolute Gasteiger partial charge is 0.251 e. The van der Waals surface area contributed by atoms with Gasteiger partial charge in [0.25, 0.3) is 5.56 Å². The predicted octanol–water partition coefficient (Wildman–Crippen LogP) is 0.973. The summed E-state index contributed by atoms with van der Waals surface area (Å²) in [7, 11) is 0. The summed E-state index contributed by atoms with van der Waals surface area (Å²) in [5, 5.41) is 8.88. The number of anilines is 1. The second kappa shape index (κ2) is 4.96. The van der Waals surface area contributed by atoms with Crippen molar-refractivity contribution in [2.75, 3.05) is 5.32 Å². The summed E-state index contributed by atoms with van der Waals surface area (Å²) < 4.78 is 2.06. The van der Waals surface area contributed by atoms with E-state index in [0.29, 0.717) is 5.82 Å². The first kappa shape index (κ1) is 11.6. The molecule has 0 aliphatic carbocycles. The van der Waals surface area contributed by atoms with E-state index in [4.69, 9.17) is 0 Å². The summed E-state index contributed by atoms with van der Waals surface area (Å²) in [5.41, 5.74) is -0.229. The summed E-state index contributed by atoms with van der Waals surface area (Å²) in [6, 6.07) is 4.65. The molecule has 0 saturated carbocycles. The van der Waals surface area contributed by atoms with E-state index < -0.39 is 0 Å². The first-order valence-corrected chi connectivity index (χ1v) is 5.59. The summed E-state index contributed by atoms with van der Waals surface area (Å²) in [6.07, 6.45) is 3.09. The fourth-order valence-corrected chi connectivity index (χ4v) is 1.67. The van der Waals surface area contributed by atoms with Crippen LogP contribution in [-0.2, 0) is 11.3 Å². The monoisotopic (exact) mass is 296 g/mol. The Morgan fingerprint density at radius 3 is 3.00 bits per heavy atom. The Hall–Kier alpha value is -1.89. The minimum Gasteiger partial charge on any atom is -0.310 e. The lowest BCUT2D eigenvalue weighted by Gasteiger charge is -2.05. The van der Waals surface area contributed by atoms with Crippen molar-refractivity contribution in [2.24, 2.45) is 0 Å². The lowest BCUT2D eigenvalue weighted by Crippen LogP contribution is -2.26. The van der Waals surface area contributed by atoms with Crippen molar-refractivity contribution in [3.63, 3.8) is 0 Å². The van der Waals surface area contributed by atoms with E-state index in [2.05, 4.69) is 31.4 Å². The molecule has 0 atom stereocenters. The maximum absolute atomic E-state index is 11.6. The molecule has 0 saturated heterocycles. The predicted molar refractivity (Wildman–Crippen MR) is 65.6 cm³/mol. The molecule has 0 aromatic carbocycles. The molecule has 2 aromatic rings. The standard InChI is InChI=1S/C10H9BrN4O2/c11-7-1-2-10(17)15(5-7)6-9(16)13-8-3-4-12-14-8/h1-5H,6H2,(H2,12,13,14,16). The molecule has 0 bridgehead atoms. The highest BCUT2D eigenvalue weighted by Crippen LogP contribution is 2.05. The van der Waals surface area contributed by atoms with Gasteiger partial charge in [0.1, 0.15) is 12.4 Å². The van der Waals surface area contributed by atoms with Crippen molar-refractivity contribution in [3.8, 4) is 0 Å². The van der Waals surface area contributed by atoms with Gasteiger partial charge >= 0.3 is 0 Å². The molecule has 0 unspecified atom stereocenters. The van der Waals surface area contributed by atoms with Crippen molar-refractivity contribution in [1.29, 1.82) is 0 Å². The van der Waals surface area contributed by atoms with E-state index in [0.717, 1.165) is 4.47 Å². The molecule has 7 heteroatoms. The van der Waals surface area contributed by atoms with E-state index in [-0.39, 0.29) is 18.0 Å². The van der Waals surface area contributed by atoms with Crippen LogP contribution in [0.4, 0.5) is 5.82 Å². The van der Waals surface area contributed by atoms with Crippen molar-refractivity contribution in [2.45, 2.75) is 6.54 Å². The van der Waals surface area contributed by atoms with Crippen LogP contribution in [0, 0.1) is 0 Å². The minimum atomic E-state index is -0.297. The quantitative estimate of drug-likeness (QED) is 0.886. The molecule has 1 amide bonds. The number of aromatic amines is 1. The normalized spacial score (nSPS) is 10.2. The van der Waals surface area contributed by atoms with Crippen LogP contribution in [0.25, 0.3) is 0 Å². The largest absolute Gasteiger partial charge is 0.310 e. The molecule has 6 nitrogen and oxygen atoms in total. The highest BCUT2D eigenvalue weighted by molar-refractivity contribution is 9.10. The number of nitrogens with zero attached hydrogens (tertiary/aromatic N) is 2. The number of carbonyl (C=O) groups is 1. The molecule has 2 heterocycles. The molecule has 0 aliphatic rings. The van der Waals surface area contributed by atoms with Gasteiger partial charge in [-0.1, -0.05) is 0 Å². The number of nitrogens with one attached hydrogen (secondary N) is 2. The lowest BCUT2D eigenvalue weighted by atomic mass is 10.4. The summed E-state index contributed by atoms with van der Waals surface area (Å²) >= 11 is 3.24. The van der Waals surface area contributed by atoms with Gasteiger partial charge in [-0.25, -0.2) is 0 Å². The third-order valence-electron chi connectivity index (χ3n) is 2.04. The second-order valence-electron chi connectivity index (χ2n) is 3.33. The van der Waals surface area contributed by atoms with Crippen LogP contribution in [0.1, 0.15) is 0 Å². The lowest BCUT2D eigenvalue weighted by molar-refractivity contribution is -0.116. The SMILES string of the molecule is O=C(Cn1cc(Br)ccc1=O)Nc1ccn[nH]1. The number of carbonyl (C=O) groups excluding carboxylic acids is 1. The minimum absolute atomic E-state index is 0.0444. The molecule has 2 aromatic heterocycles. The number of aromatic nitrogens is 3. The molecule has 0 fully saturated rings. The summed E-state index contributed by atoms with van der Waals surface area (Å²) in [5.74, 6) is 0.201. The van der Waals surface area contributed by atoms with Gasteiger partial charge in [-0.15, -0.1) is 0 Å². The maximum atomic E-state index is 11.6. The number of rotatable bonds is 3. The van der Waals surface area contributed by atoms with Gasteiger partial charge in [-0.3, -0.25) is 14.7 Å². The number of amides is 1. The summed E-state index contributed by atoms with van der Waals surface area (Å²) in [4.78, 5) is 23.1. The summed E-state index contributed by atoms with van der Waals surface area (Å²) in [6.45, 7) is -0.0444. The van der Waals surface area contributed by atoms with Crippen LogP contribution in [-0.4, -0.2) is 20.7 Å². The number of pyridine rings is 1. The Kier molecular flexibility index (Phi) is 3.38. The highest BCUT2D eigenvalue weighted by atomic mass is 79.9. The third kappa shape index (κ3) is 3.04. The Morgan fingerprint density at radius 2 is 2.29 bits per heavy atom. The molecule has 0 spiro atoms. The fraction of sp³-hybridized carbons (Fsp3) is 0.100. The van der Waals surface area contributed by atoms with E-state index in [1.165, 1.54) is 16.8 Å². The van der Waals surface area contributed by atoms with Crippen LogP contribution < -0.4 is 10.9 Å². The Bertz CT molecular complexity index is 576. The fourth-order valence-electron chi connectivity index (χ4n) is 1.30. The van der Waals surface area contributed by atoms with Gasteiger partial charge in [0.2, 0.25) is 5.91 Å². The van der Waals surface area contributed by atoms with Crippen LogP contribution >= 0.6 is 15.9 Å². The van der Waals surface area contributed by atoms with Crippen molar-refractivity contribution < 1.29 is 4.79 Å². The van der Waals surface area contributed by atoms with Gasteiger partial charge in [0, 0.05) is 22.8 Å². The van der Waals surface area contributed by atoms with Gasteiger partial charge in [0.15, 0.2) is 0 Å². The van der Waals surface area contributed by atoms with Crippen LogP contribution in [0.3, 0.4) is 0 Å². The highest BCUT2D eigenvalue weighted by Gasteiger charge is 2.05.